The normalized spacial score (nSPS) is 20.0. The Balaban J connectivity index is 1.58. The zero-order valence-corrected chi connectivity index (χ0v) is 18.3. The third-order valence-corrected chi connectivity index (χ3v) is 7.21. The van der Waals surface area contributed by atoms with E-state index in [4.69, 9.17) is 23.2 Å². The fourth-order valence-corrected chi connectivity index (χ4v) is 5.42. The number of carboxylic acids is 1. The molecule has 0 aromatic heterocycles. The Morgan fingerprint density at radius 1 is 1.07 bits per heavy atom. The van der Waals surface area contributed by atoms with Crippen LogP contribution in [0.25, 0.3) is 11.1 Å². The highest BCUT2D eigenvalue weighted by molar-refractivity contribution is 6.37. The van der Waals surface area contributed by atoms with E-state index in [9.17, 15) is 14.7 Å². The number of carboxylic acid groups (broad SMARTS) is 1. The van der Waals surface area contributed by atoms with Crippen molar-refractivity contribution in [2.24, 2.45) is 5.92 Å². The molecule has 1 atom stereocenters. The fourth-order valence-electron chi connectivity index (χ4n) is 4.78. The van der Waals surface area contributed by atoms with Crippen LogP contribution in [0.3, 0.4) is 0 Å². The summed E-state index contributed by atoms with van der Waals surface area (Å²) in [5, 5.41) is 10.3. The molecule has 1 saturated heterocycles. The summed E-state index contributed by atoms with van der Waals surface area (Å²) in [5.74, 6) is -0.878. The molecule has 6 heteroatoms. The molecule has 2 fully saturated rings. The van der Waals surface area contributed by atoms with Gasteiger partial charge in [-0.05, 0) is 55.0 Å². The molecular weight excluding hydrogens is 421 g/mol. The van der Waals surface area contributed by atoms with Crippen molar-refractivity contribution in [3.63, 3.8) is 0 Å². The monoisotopic (exact) mass is 445 g/mol. The summed E-state index contributed by atoms with van der Waals surface area (Å²) in [6.45, 7) is 0.809. The maximum atomic E-state index is 13.1. The van der Waals surface area contributed by atoms with Crippen molar-refractivity contribution >= 4 is 35.1 Å². The highest BCUT2D eigenvalue weighted by Gasteiger charge is 2.36. The van der Waals surface area contributed by atoms with Gasteiger partial charge in [-0.25, -0.2) is 4.79 Å². The number of nitrogens with zero attached hydrogens (tertiary/aromatic N) is 1. The van der Waals surface area contributed by atoms with Crippen LogP contribution in [0.1, 0.15) is 54.4 Å². The maximum absolute atomic E-state index is 13.1. The average molecular weight is 446 g/mol. The second-order valence-electron chi connectivity index (χ2n) is 8.29. The molecule has 158 valence electrons. The van der Waals surface area contributed by atoms with Crippen molar-refractivity contribution < 1.29 is 14.7 Å². The number of aromatic carboxylic acids is 1. The van der Waals surface area contributed by atoms with Crippen LogP contribution >= 0.6 is 23.2 Å². The molecule has 1 aliphatic carbocycles. The number of amides is 1. The minimum Gasteiger partial charge on any atom is -0.478 e. The summed E-state index contributed by atoms with van der Waals surface area (Å²) in [4.78, 5) is 26.5. The molecule has 1 heterocycles. The summed E-state index contributed by atoms with van der Waals surface area (Å²) in [5.41, 5.74) is 2.42. The van der Waals surface area contributed by atoms with E-state index in [1.54, 1.807) is 30.3 Å². The Labute approximate surface area is 186 Å². The molecule has 0 spiro atoms. The Morgan fingerprint density at radius 2 is 1.83 bits per heavy atom. The third kappa shape index (κ3) is 4.21. The zero-order chi connectivity index (χ0) is 21.3. The second-order valence-corrected chi connectivity index (χ2v) is 9.07. The van der Waals surface area contributed by atoms with E-state index in [0.717, 1.165) is 42.5 Å². The van der Waals surface area contributed by atoms with Gasteiger partial charge in [-0.2, -0.15) is 0 Å². The first-order valence-electron chi connectivity index (χ1n) is 10.6. The standard InChI is InChI=1S/C24H25Cl2NO3/c25-21-10-9-19(15-5-4-6-17(13-15)24(29)30)22(26)20(21)14-16-11-12-27(23(16)28)18-7-2-1-3-8-18/h4-6,9-10,13,16,18H,1-3,7-8,11-12,14H2,(H,29,30). The molecule has 30 heavy (non-hydrogen) atoms. The number of carbonyl (C=O) groups is 2. The Kier molecular flexibility index (Phi) is 6.35. The van der Waals surface area contributed by atoms with Crippen molar-refractivity contribution in [1.29, 1.82) is 0 Å². The molecule has 4 rings (SSSR count). The highest BCUT2D eigenvalue weighted by Crippen LogP contribution is 2.38. The van der Waals surface area contributed by atoms with Gasteiger partial charge in [0.25, 0.3) is 0 Å². The number of benzene rings is 2. The van der Waals surface area contributed by atoms with E-state index in [1.807, 2.05) is 6.07 Å². The summed E-state index contributed by atoms with van der Waals surface area (Å²) in [6, 6.07) is 10.7. The molecule has 1 unspecified atom stereocenters. The van der Waals surface area contributed by atoms with E-state index >= 15 is 0 Å². The van der Waals surface area contributed by atoms with Gasteiger partial charge in [0.05, 0.1) is 10.6 Å². The van der Waals surface area contributed by atoms with Crippen LogP contribution in [0.2, 0.25) is 10.0 Å². The smallest absolute Gasteiger partial charge is 0.335 e. The van der Waals surface area contributed by atoms with Crippen LogP contribution in [0.4, 0.5) is 0 Å². The van der Waals surface area contributed by atoms with Gasteiger partial charge in [0.1, 0.15) is 0 Å². The summed E-state index contributed by atoms with van der Waals surface area (Å²) < 4.78 is 0. The van der Waals surface area contributed by atoms with Gasteiger partial charge >= 0.3 is 5.97 Å². The van der Waals surface area contributed by atoms with Crippen LogP contribution in [0, 0.1) is 5.92 Å². The van der Waals surface area contributed by atoms with Crippen LogP contribution in [0.5, 0.6) is 0 Å². The summed E-state index contributed by atoms with van der Waals surface area (Å²) in [6.07, 6.45) is 7.21. The lowest BCUT2D eigenvalue weighted by molar-refractivity contribution is -0.133. The van der Waals surface area contributed by atoms with Crippen molar-refractivity contribution in [3.8, 4) is 11.1 Å². The molecule has 4 nitrogen and oxygen atoms in total. The van der Waals surface area contributed by atoms with E-state index < -0.39 is 5.97 Å². The van der Waals surface area contributed by atoms with Gasteiger partial charge in [-0.15, -0.1) is 0 Å². The van der Waals surface area contributed by atoms with E-state index in [0.29, 0.717) is 22.5 Å². The molecule has 1 amide bonds. The van der Waals surface area contributed by atoms with E-state index in [-0.39, 0.29) is 17.4 Å². The minimum absolute atomic E-state index is 0.109. The van der Waals surface area contributed by atoms with Gasteiger partial charge < -0.3 is 10.0 Å². The lowest BCUT2D eigenvalue weighted by Gasteiger charge is -2.31. The number of hydrogen-bond donors (Lipinski definition) is 1. The predicted octanol–water partition coefficient (Wildman–Crippen LogP) is 6.08. The number of carbonyl (C=O) groups excluding carboxylic acids is 1. The van der Waals surface area contributed by atoms with Crippen molar-refractivity contribution in [2.75, 3.05) is 6.54 Å². The molecule has 1 aliphatic heterocycles. The third-order valence-electron chi connectivity index (χ3n) is 6.42. The SMILES string of the molecule is O=C(O)c1cccc(-c2ccc(Cl)c(CC3CCN(C4CCCCC4)C3=O)c2Cl)c1. The first kappa shape index (κ1) is 21.2. The lowest BCUT2D eigenvalue weighted by atomic mass is 9.93. The number of hydrogen-bond acceptors (Lipinski definition) is 2. The maximum Gasteiger partial charge on any atom is 0.335 e. The Hall–Kier alpha value is -2.04. The van der Waals surface area contributed by atoms with Gasteiger partial charge in [0.15, 0.2) is 0 Å². The van der Waals surface area contributed by atoms with E-state index in [1.165, 1.54) is 19.3 Å². The number of likely N-dealkylation sites (tertiary alicyclic amines) is 1. The van der Waals surface area contributed by atoms with Crippen LogP contribution in [0.15, 0.2) is 36.4 Å². The average Bonchev–Trinajstić information content (AvgIpc) is 3.12. The molecule has 0 radical (unpaired) electrons. The molecule has 0 bridgehead atoms. The van der Waals surface area contributed by atoms with Crippen molar-refractivity contribution in [3.05, 3.63) is 57.6 Å². The Bertz CT molecular complexity index is 969. The molecule has 1 N–H and O–H groups in total. The van der Waals surface area contributed by atoms with Gasteiger partial charge in [0, 0.05) is 29.1 Å². The summed E-state index contributed by atoms with van der Waals surface area (Å²) in [7, 11) is 0. The first-order valence-corrected chi connectivity index (χ1v) is 11.3. The summed E-state index contributed by atoms with van der Waals surface area (Å²) >= 11 is 13.2. The lowest BCUT2D eigenvalue weighted by Crippen LogP contribution is -2.39. The quantitative estimate of drug-likeness (QED) is 0.606. The molecule has 2 aromatic carbocycles. The van der Waals surface area contributed by atoms with Gasteiger partial charge in [-0.3, -0.25) is 4.79 Å². The molecule has 2 aromatic rings. The molecule has 2 aliphatic rings. The molecule has 1 saturated carbocycles. The molecular formula is C24H25Cl2NO3. The van der Waals surface area contributed by atoms with Gasteiger partial charge in [-0.1, -0.05) is 60.7 Å². The fraction of sp³-hybridized carbons (Fsp3) is 0.417. The predicted molar refractivity (Wildman–Crippen MR) is 119 cm³/mol. The minimum atomic E-state index is -0.985. The van der Waals surface area contributed by atoms with Crippen molar-refractivity contribution in [2.45, 2.75) is 51.0 Å². The second kappa shape index (κ2) is 8.99. The topological polar surface area (TPSA) is 57.6 Å². The van der Waals surface area contributed by atoms with Gasteiger partial charge in [0.2, 0.25) is 5.91 Å². The van der Waals surface area contributed by atoms with Crippen LogP contribution in [-0.4, -0.2) is 34.5 Å². The largest absolute Gasteiger partial charge is 0.478 e. The number of halogens is 2. The first-order chi connectivity index (χ1) is 14.5. The Morgan fingerprint density at radius 3 is 2.57 bits per heavy atom. The number of rotatable bonds is 5. The highest BCUT2D eigenvalue weighted by atomic mass is 35.5. The van der Waals surface area contributed by atoms with Crippen LogP contribution < -0.4 is 0 Å². The van der Waals surface area contributed by atoms with Crippen molar-refractivity contribution in [1.82, 2.24) is 4.90 Å². The zero-order valence-electron chi connectivity index (χ0n) is 16.7. The van der Waals surface area contributed by atoms with E-state index in [2.05, 4.69) is 4.90 Å². The van der Waals surface area contributed by atoms with Crippen LogP contribution in [-0.2, 0) is 11.2 Å².